The van der Waals surface area contributed by atoms with E-state index in [1.807, 2.05) is 43.0 Å². The average Bonchev–Trinajstić information content (AvgIpc) is 3.40. The number of nitrogens with one attached hydrogen (secondary N) is 1. The van der Waals surface area contributed by atoms with Gasteiger partial charge in [-0.25, -0.2) is 0 Å². The van der Waals surface area contributed by atoms with Gasteiger partial charge in [0.25, 0.3) is 0 Å². The Morgan fingerprint density at radius 1 is 1.12 bits per heavy atom. The molecule has 2 unspecified atom stereocenters. The zero-order chi connectivity index (χ0) is 17.8. The number of carbonyl (C=O) groups is 2. The number of hydrogen-bond donors (Lipinski definition) is 1. The third kappa shape index (κ3) is 4.42. The number of anilines is 1. The fourth-order valence-corrected chi connectivity index (χ4v) is 3.95. The molecule has 2 fully saturated rings. The molecule has 1 aromatic carbocycles. The van der Waals surface area contributed by atoms with Crippen LogP contribution in [0.2, 0.25) is 0 Å². The van der Waals surface area contributed by atoms with Crippen molar-refractivity contribution in [1.29, 1.82) is 0 Å². The maximum Gasteiger partial charge on any atom is 0.230 e. The summed E-state index contributed by atoms with van der Waals surface area (Å²) in [6.45, 7) is 4.65. The summed E-state index contributed by atoms with van der Waals surface area (Å²) in [4.78, 5) is 27.2. The molecule has 25 heavy (non-hydrogen) atoms. The quantitative estimate of drug-likeness (QED) is 0.827. The zero-order valence-electron chi connectivity index (χ0n) is 15.5. The molecule has 1 N–H and O–H groups in total. The number of carbonyl (C=O) groups excluding carboxylic acids is 2. The number of hydrogen-bond acceptors (Lipinski definition) is 2. The smallest absolute Gasteiger partial charge is 0.230 e. The summed E-state index contributed by atoms with van der Waals surface area (Å²) in [6.07, 6.45) is 7.82. The van der Waals surface area contributed by atoms with Crippen LogP contribution in [0.1, 0.15) is 57.4 Å². The maximum absolute atomic E-state index is 12.9. The summed E-state index contributed by atoms with van der Waals surface area (Å²) in [5.41, 5.74) is 2.07. The fourth-order valence-electron chi connectivity index (χ4n) is 3.95. The van der Waals surface area contributed by atoms with Gasteiger partial charge in [0, 0.05) is 18.3 Å². The summed E-state index contributed by atoms with van der Waals surface area (Å²) in [7, 11) is 0. The Morgan fingerprint density at radius 2 is 1.84 bits per heavy atom. The van der Waals surface area contributed by atoms with Crippen LogP contribution in [0.4, 0.5) is 5.69 Å². The van der Waals surface area contributed by atoms with Crippen molar-refractivity contribution < 1.29 is 9.59 Å². The molecule has 0 spiro atoms. The van der Waals surface area contributed by atoms with Crippen molar-refractivity contribution in [2.45, 2.75) is 64.8 Å². The van der Waals surface area contributed by atoms with E-state index in [4.69, 9.17) is 0 Å². The van der Waals surface area contributed by atoms with Gasteiger partial charge in [0.05, 0.1) is 11.8 Å². The molecule has 0 aromatic heterocycles. The molecule has 0 aliphatic heterocycles. The van der Waals surface area contributed by atoms with Crippen LogP contribution in [-0.2, 0) is 9.59 Å². The lowest BCUT2D eigenvalue weighted by molar-refractivity contribution is -0.126. The highest BCUT2D eigenvalue weighted by Gasteiger charge is 2.49. The molecule has 4 heteroatoms. The highest BCUT2D eigenvalue weighted by Crippen LogP contribution is 2.41. The van der Waals surface area contributed by atoms with E-state index in [9.17, 15) is 9.59 Å². The molecule has 2 aliphatic rings. The number of amides is 2. The first-order chi connectivity index (χ1) is 12.1. The van der Waals surface area contributed by atoms with Crippen LogP contribution in [0.15, 0.2) is 24.3 Å². The largest absolute Gasteiger partial charge is 0.353 e. The Labute approximate surface area is 151 Å². The number of aryl methyl sites for hydroxylation is 1. The van der Waals surface area contributed by atoms with Crippen molar-refractivity contribution in [3.05, 3.63) is 29.8 Å². The van der Waals surface area contributed by atoms with Gasteiger partial charge in [-0.15, -0.1) is 0 Å². The Hall–Kier alpha value is -1.84. The van der Waals surface area contributed by atoms with Crippen molar-refractivity contribution in [3.8, 4) is 0 Å². The van der Waals surface area contributed by atoms with Gasteiger partial charge in [0.1, 0.15) is 0 Å². The summed E-state index contributed by atoms with van der Waals surface area (Å²) in [5.74, 6) is -0.0967. The van der Waals surface area contributed by atoms with Crippen molar-refractivity contribution >= 4 is 17.5 Å². The van der Waals surface area contributed by atoms with Crippen LogP contribution in [0, 0.1) is 18.8 Å². The van der Waals surface area contributed by atoms with E-state index < -0.39 is 0 Å². The molecule has 3 rings (SSSR count). The van der Waals surface area contributed by atoms with E-state index in [-0.39, 0.29) is 23.7 Å². The second-order valence-corrected chi connectivity index (χ2v) is 7.57. The molecule has 4 nitrogen and oxygen atoms in total. The third-order valence-corrected chi connectivity index (χ3v) is 5.54. The SMILES string of the molecule is CCN(C(=O)C1CC1C(=O)NC1CCCCCC1)c1cccc(C)c1. The molecule has 0 bridgehead atoms. The van der Waals surface area contributed by atoms with Gasteiger partial charge < -0.3 is 10.2 Å². The molecule has 2 atom stereocenters. The minimum Gasteiger partial charge on any atom is -0.353 e. The highest BCUT2D eigenvalue weighted by atomic mass is 16.2. The lowest BCUT2D eigenvalue weighted by atomic mass is 10.1. The molecular formula is C21H30N2O2. The predicted molar refractivity (Wildman–Crippen MR) is 100 cm³/mol. The lowest BCUT2D eigenvalue weighted by Crippen LogP contribution is -2.38. The van der Waals surface area contributed by atoms with E-state index in [0.29, 0.717) is 19.0 Å². The van der Waals surface area contributed by atoms with E-state index >= 15 is 0 Å². The summed E-state index contributed by atoms with van der Waals surface area (Å²) in [6, 6.07) is 8.32. The first kappa shape index (κ1) is 18.0. The molecule has 2 aliphatic carbocycles. The van der Waals surface area contributed by atoms with Gasteiger partial charge in [-0.1, -0.05) is 37.8 Å². The molecule has 0 heterocycles. The maximum atomic E-state index is 12.9. The van der Waals surface area contributed by atoms with Crippen molar-refractivity contribution in [3.63, 3.8) is 0 Å². The van der Waals surface area contributed by atoms with Crippen molar-refractivity contribution in [1.82, 2.24) is 5.32 Å². The first-order valence-corrected chi connectivity index (χ1v) is 9.78. The zero-order valence-corrected chi connectivity index (χ0v) is 15.5. The van der Waals surface area contributed by atoms with Crippen molar-refractivity contribution in [2.24, 2.45) is 11.8 Å². The minimum atomic E-state index is -0.147. The summed E-state index contributed by atoms with van der Waals surface area (Å²) >= 11 is 0. The number of rotatable bonds is 5. The van der Waals surface area contributed by atoms with Gasteiger partial charge in [-0.05, 0) is 50.8 Å². The predicted octanol–water partition coefficient (Wildman–Crippen LogP) is 3.82. The molecule has 1 aromatic rings. The molecule has 0 radical (unpaired) electrons. The second-order valence-electron chi connectivity index (χ2n) is 7.57. The Morgan fingerprint density at radius 3 is 2.48 bits per heavy atom. The minimum absolute atomic E-state index is 0.0885. The van der Waals surface area contributed by atoms with E-state index in [0.717, 1.165) is 24.1 Å². The van der Waals surface area contributed by atoms with E-state index in [1.54, 1.807) is 0 Å². The van der Waals surface area contributed by atoms with Crippen molar-refractivity contribution in [2.75, 3.05) is 11.4 Å². The number of benzene rings is 1. The Kier molecular flexibility index (Phi) is 5.77. The van der Waals surface area contributed by atoms with Crippen LogP contribution in [0.5, 0.6) is 0 Å². The van der Waals surface area contributed by atoms with Gasteiger partial charge >= 0.3 is 0 Å². The molecular weight excluding hydrogens is 312 g/mol. The third-order valence-electron chi connectivity index (χ3n) is 5.54. The van der Waals surface area contributed by atoms with Crippen LogP contribution in [0.3, 0.4) is 0 Å². The van der Waals surface area contributed by atoms with Gasteiger partial charge in [-0.3, -0.25) is 9.59 Å². The van der Waals surface area contributed by atoms with E-state index in [2.05, 4.69) is 5.32 Å². The van der Waals surface area contributed by atoms with Crippen LogP contribution >= 0.6 is 0 Å². The van der Waals surface area contributed by atoms with Gasteiger partial charge in [-0.2, -0.15) is 0 Å². The summed E-state index contributed by atoms with van der Waals surface area (Å²) in [5, 5.41) is 3.20. The summed E-state index contributed by atoms with van der Waals surface area (Å²) < 4.78 is 0. The number of nitrogens with zero attached hydrogens (tertiary/aromatic N) is 1. The van der Waals surface area contributed by atoms with Crippen LogP contribution in [0.25, 0.3) is 0 Å². The van der Waals surface area contributed by atoms with Gasteiger partial charge in [0.2, 0.25) is 11.8 Å². The second kappa shape index (κ2) is 8.03. The topological polar surface area (TPSA) is 49.4 Å². The molecule has 0 saturated heterocycles. The first-order valence-electron chi connectivity index (χ1n) is 9.78. The van der Waals surface area contributed by atoms with E-state index in [1.165, 1.54) is 25.7 Å². The monoisotopic (exact) mass is 342 g/mol. The fraction of sp³-hybridized carbons (Fsp3) is 0.619. The average molecular weight is 342 g/mol. The van der Waals surface area contributed by atoms with Crippen LogP contribution < -0.4 is 10.2 Å². The molecule has 136 valence electrons. The van der Waals surface area contributed by atoms with Gasteiger partial charge in [0.15, 0.2) is 0 Å². The highest BCUT2D eigenvalue weighted by molar-refractivity contribution is 6.01. The lowest BCUT2D eigenvalue weighted by Gasteiger charge is -2.22. The van der Waals surface area contributed by atoms with Crippen LogP contribution in [-0.4, -0.2) is 24.4 Å². The normalized spacial score (nSPS) is 23.6. The Bertz CT molecular complexity index is 620. The standard InChI is InChI=1S/C21H30N2O2/c1-3-23(17-12-8-9-15(2)13-17)21(25)19-14-18(19)20(24)22-16-10-6-4-5-7-11-16/h8-9,12-13,16,18-19H,3-7,10-11,14H2,1-2H3,(H,22,24). The molecule has 2 saturated carbocycles. The molecule has 2 amide bonds. The Balaban J connectivity index is 1.57.